The van der Waals surface area contributed by atoms with Crippen LogP contribution in [0.15, 0.2) is 35.2 Å². The molecule has 1 aliphatic heterocycles. The van der Waals surface area contributed by atoms with Gasteiger partial charge in [0.2, 0.25) is 5.75 Å². The van der Waals surface area contributed by atoms with Gasteiger partial charge in [-0.25, -0.2) is 4.39 Å². The Morgan fingerprint density at radius 3 is 2.41 bits per heavy atom. The zero-order valence-corrected chi connectivity index (χ0v) is 17.4. The molecule has 2 aromatic rings. The molecule has 29 heavy (non-hydrogen) atoms. The van der Waals surface area contributed by atoms with Crippen molar-refractivity contribution < 1.29 is 28.2 Å². The van der Waals surface area contributed by atoms with Crippen LogP contribution in [0.5, 0.6) is 17.2 Å². The van der Waals surface area contributed by atoms with Gasteiger partial charge in [0.25, 0.3) is 11.1 Å². The number of hydrogen-bond donors (Lipinski definition) is 0. The second-order valence-electron chi connectivity index (χ2n) is 5.89. The summed E-state index contributed by atoms with van der Waals surface area (Å²) < 4.78 is 30.0. The van der Waals surface area contributed by atoms with Crippen molar-refractivity contribution in [1.29, 1.82) is 0 Å². The molecule has 0 unspecified atom stereocenters. The molecular formula is C20H17ClFNO5S. The molecule has 0 atom stereocenters. The second kappa shape index (κ2) is 8.75. The van der Waals surface area contributed by atoms with Crippen LogP contribution in [0.2, 0.25) is 5.02 Å². The van der Waals surface area contributed by atoms with Gasteiger partial charge in [0, 0.05) is 16.1 Å². The summed E-state index contributed by atoms with van der Waals surface area (Å²) in [4.78, 5) is 26.3. The van der Waals surface area contributed by atoms with Crippen LogP contribution in [0.4, 0.5) is 9.18 Å². The van der Waals surface area contributed by atoms with E-state index in [2.05, 4.69) is 0 Å². The first-order valence-corrected chi connectivity index (χ1v) is 9.58. The zero-order chi connectivity index (χ0) is 21.1. The Morgan fingerprint density at radius 2 is 1.79 bits per heavy atom. The highest BCUT2D eigenvalue weighted by molar-refractivity contribution is 8.18. The molecular weight excluding hydrogens is 421 g/mol. The van der Waals surface area contributed by atoms with E-state index in [9.17, 15) is 14.0 Å². The smallest absolute Gasteiger partial charge is 0.293 e. The SMILES string of the molecule is COc1ccc(/C=C2\SC(=O)N(Cc3c(F)cccc3Cl)C2=O)c(OC)c1OC. The fourth-order valence-corrected chi connectivity index (χ4v) is 3.91. The Bertz CT molecular complexity index is 990. The Hall–Kier alpha value is -2.71. The van der Waals surface area contributed by atoms with Crippen molar-refractivity contribution in [2.75, 3.05) is 21.3 Å². The topological polar surface area (TPSA) is 65.1 Å². The Labute approximate surface area is 176 Å². The molecule has 0 spiro atoms. The minimum Gasteiger partial charge on any atom is -0.493 e. The van der Waals surface area contributed by atoms with Gasteiger partial charge in [0.1, 0.15) is 5.82 Å². The third kappa shape index (κ3) is 4.04. The summed E-state index contributed by atoms with van der Waals surface area (Å²) in [6.45, 7) is -0.253. The van der Waals surface area contributed by atoms with Crippen LogP contribution in [0.3, 0.4) is 0 Å². The molecule has 0 aromatic heterocycles. The van der Waals surface area contributed by atoms with E-state index in [-0.39, 0.29) is 22.0 Å². The van der Waals surface area contributed by atoms with E-state index in [1.807, 2.05) is 0 Å². The number of benzene rings is 2. The fourth-order valence-electron chi connectivity index (χ4n) is 2.86. The zero-order valence-electron chi connectivity index (χ0n) is 15.8. The van der Waals surface area contributed by atoms with Crippen LogP contribution < -0.4 is 14.2 Å². The summed E-state index contributed by atoms with van der Waals surface area (Å²) in [6.07, 6.45) is 1.52. The molecule has 1 fully saturated rings. The van der Waals surface area contributed by atoms with Crippen LogP contribution in [0.25, 0.3) is 6.08 Å². The monoisotopic (exact) mass is 437 g/mol. The van der Waals surface area contributed by atoms with Crippen LogP contribution >= 0.6 is 23.4 Å². The molecule has 1 saturated heterocycles. The molecule has 0 radical (unpaired) electrons. The van der Waals surface area contributed by atoms with Crippen molar-refractivity contribution in [3.63, 3.8) is 0 Å². The first kappa shape index (κ1) is 21.0. The Morgan fingerprint density at radius 1 is 1.07 bits per heavy atom. The minimum atomic E-state index is -0.581. The predicted molar refractivity (Wildman–Crippen MR) is 109 cm³/mol. The predicted octanol–water partition coefficient (Wildman–Crippen LogP) is 4.74. The first-order valence-electron chi connectivity index (χ1n) is 8.38. The number of imide groups is 1. The van der Waals surface area contributed by atoms with E-state index in [0.29, 0.717) is 22.8 Å². The fraction of sp³-hybridized carbons (Fsp3) is 0.200. The van der Waals surface area contributed by atoms with E-state index >= 15 is 0 Å². The Kier molecular flexibility index (Phi) is 6.34. The van der Waals surface area contributed by atoms with Crippen LogP contribution in [-0.2, 0) is 11.3 Å². The van der Waals surface area contributed by atoms with Gasteiger partial charge in [-0.05, 0) is 42.1 Å². The average Bonchev–Trinajstić information content (AvgIpc) is 2.97. The lowest BCUT2D eigenvalue weighted by Crippen LogP contribution is -2.28. The number of carbonyl (C=O) groups excluding carboxylic acids is 2. The van der Waals surface area contributed by atoms with Crippen molar-refractivity contribution in [3.8, 4) is 17.2 Å². The number of rotatable bonds is 6. The second-order valence-corrected chi connectivity index (χ2v) is 7.29. The van der Waals surface area contributed by atoms with E-state index in [0.717, 1.165) is 16.7 Å². The van der Waals surface area contributed by atoms with Gasteiger partial charge >= 0.3 is 0 Å². The van der Waals surface area contributed by atoms with Gasteiger partial charge in [-0.1, -0.05) is 17.7 Å². The average molecular weight is 438 g/mol. The summed E-state index contributed by atoms with van der Waals surface area (Å²) in [5.74, 6) is 0.0546. The highest BCUT2D eigenvalue weighted by Crippen LogP contribution is 2.42. The van der Waals surface area contributed by atoms with Crippen LogP contribution in [0.1, 0.15) is 11.1 Å². The lowest BCUT2D eigenvalue weighted by Gasteiger charge is -2.15. The van der Waals surface area contributed by atoms with E-state index in [1.165, 1.54) is 45.6 Å². The summed E-state index contributed by atoms with van der Waals surface area (Å²) in [7, 11) is 4.42. The van der Waals surface area contributed by atoms with Crippen molar-refractivity contribution in [3.05, 3.63) is 57.2 Å². The molecule has 0 bridgehead atoms. The number of methoxy groups -OCH3 is 3. The number of amides is 2. The lowest BCUT2D eigenvalue weighted by molar-refractivity contribution is -0.123. The minimum absolute atomic E-state index is 0.0846. The molecule has 1 aliphatic rings. The number of carbonyl (C=O) groups is 2. The molecule has 3 rings (SSSR count). The van der Waals surface area contributed by atoms with Gasteiger partial charge in [-0.3, -0.25) is 14.5 Å². The summed E-state index contributed by atoms with van der Waals surface area (Å²) >= 11 is 6.77. The van der Waals surface area contributed by atoms with E-state index in [4.69, 9.17) is 25.8 Å². The van der Waals surface area contributed by atoms with E-state index < -0.39 is 17.0 Å². The third-order valence-corrected chi connectivity index (χ3v) is 5.53. The highest BCUT2D eigenvalue weighted by atomic mass is 35.5. The molecule has 0 N–H and O–H groups in total. The number of thioether (sulfide) groups is 1. The Balaban J connectivity index is 1.95. The summed E-state index contributed by atoms with van der Waals surface area (Å²) in [5.41, 5.74) is 0.612. The third-order valence-electron chi connectivity index (χ3n) is 4.27. The largest absolute Gasteiger partial charge is 0.493 e. The molecule has 9 heteroatoms. The number of nitrogens with zero attached hydrogens (tertiary/aromatic N) is 1. The van der Waals surface area contributed by atoms with Crippen LogP contribution in [0, 0.1) is 5.82 Å². The molecule has 152 valence electrons. The lowest BCUT2D eigenvalue weighted by atomic mass is 10.1. The molecule has 0 saturated carbocycles. The van der Waals surface area contributed by atoms with Gasteiger partial charge in [-0.2, -0.15) is 0 Å². The summed E-state index contributed by atoms with van der Waals surface area (Å²) in [6, 6.07) is 7.53. The maximum atomic E-state index is 14.1. The maximum absolute atomic E-state index is 14.1. The molecule has 0 aliphatic carbocycles. The van der Waals surface area contributed by atoms with Crippen molar-refractivity contribution in [1.82, 2.24) is 4.90 Å². The number of hydrogen-bond acceptors (Lipinski definition) is 6. The van der Waals surface area contributed by atoms with Crippen molar-refractivity contribution in [2.24, 2.45) is 0 Å². The van der Waals surface area contributed by atoms with Gasteiger partial charge in [0.15, 0.2) is 11.5 Å². The standard InChI is InChI=1S/C20H17ClFNO5S/c1-26-15-8-7-11(17(27-2)18(15)28-3)9-16-19(24)23(20(25)29-16)10-12-13(21)5-4-6-14(12)22/h4-9H,10H2,1-3H3/b16-9-. The number of ether oxygens (including phenoxy) is 3. The van der Waals surface area contributed by atoms with Crippen molar-refractivity contribution in [2.45, 2.75) is 6.54 Å². The van der Waals surface area contributed by atoms with Gasteiger partial charge in [-0.15, -0.1) is 0 Å². The van der Waals surface area contributed by atoms with E-state index in [1.54, 1.807) is 12.1 Å². The molecule has 2 aromatic carbocycles. The molecule has 6 nitrogen and oxygen atoms in total. The highest BCUT2D eigenvalue weighted by Gasteiger charge is 2.36. The molecule has 2 amide bonds. The number of halogens is 2. The maximum Gasteiger partial charge on any atom is 0.293 e. The first-order chi connectivity index (χ1) is 13.9. The van der Waals surface area contributed by atoms with Gasteiger partial charge in [0.05, 0.1) is 32.8 Å². The quantitative estimate of drug-likeness (QED) is 0.608. The summed E-state index contributed by atoms with van der Waals surface area (Å²) in [5, 5.41) is -0.366. The van der Waals surface area contributed by atoms with Crippen LogP contribution in [-0.4, -0.2) is 37.4 Å². The van der Waals surface area contributed by atoms with Crippen molar-refractivity contribution >= 4 is 40.6 Å². The molecule has 1 heterocycles. The van der Waals surface area contributed by atoms with Gasteiger partial charge < -0.3 is 14.2 Å². The normalized spacial score (nSPS) is 15.2.